The van der Waals surface area contributed by atoms with Gasteiger partial charge in [-0.1, -0.05) is 28.9 Å². The van der Waals surface area contributed by atoms with Gasteiger partial charge < -0.3 is 10.1 Å². The lowest BCUT2D eigenvalue weighted by atomic mass is 10.1. The highest BCUT2D eigenvalue weighted by Gasteiger charge is 2.14. The average Bonchev–Trinajstić information content (AvgIpc) is 2.35. The Morgan fingerprint density at radius 1 is 1.53 bits per heavy atom. The molecule has 1 rings (SSSR count). The lowest BCUT2D eigenvalue weighted by Gasteiger charge is -2.18. The lowest BCUT2D eigenvalue weighted by molar-refractivity contribution is 0.247. The standard InChI is InChI=1S/C13H17BrN2O/c1-4-11(8-15)17-13-7-10(14)5-6-12(13)9(2)16-3/h5-7,9,11,16H,4H2,1-3H3. The molecule has 1 aromatic carbocycles. The first kappa shape index (κ1) is 14.0. The van der Waals surface area contributed by atoms with Crippen LogP contribution < -0.4 is 10.1 Å². The molecule has 0 aliphatic carbocycles. The van der Waals surface area contributed by atoms with Gasteiger partial charge in [0.15, 0.2) is 6.10 Å². The molecule has 0 amide bonds. The predicted molar refractivity (Wildman–Crippen MR) is 71.9 cm³/mol. The van der Waals surface area contributed by atoms with E-state index in [1.54, 1.807) is 0 Å². The van der Waals surface area contributed by atoms with Crippen molar-refractivity contribution in [3.8, 4) is 11.8 Å². The second kappa shape index (κ2) is 6.63. The monoisotopic (exact) mass is 296 g/mol. The van der Waals surface area contributed by atoms with Gasteiger partial charge in [0, 0.05) is 16.1 Å². The van der Waals surface area contributed by atoms with Crippen molar-refractivity contribution in [1.82, 2.24) is 5.32 Å². The van der Waals surface area contributed by atoms with Crippen LogP contribution in [0.15, 0.2) is 22.7 Å². The van der Waals surface area contributed by atoms with Crippen LogP contribution in [0.3, 0.4) is 0 Å². The summed E-state index contributed by atoms with van der Waals surface area (Å²) >= 11 is 3.42. The van der Waals surface area contributed by atoms with E-state index >= 15 is 0 Å². The van der Waals surface area contributed by atoms with Crippen molar-refractivity contribution in [2.45, 2.75) is 32.4 Å². The maximum Gasteiger partial charge on any atom is 0.184 e. The zero-order valence-corrected chi connectivity index (χ0v) is 11.9. The molecule has 0 bridgehead atoms. The molecule has 0 saturated carbocycles. The number of nitrogens with one attached hydrogen (secondary N) is 1. The Labute approximate surface area is 111 Å². The highest BCUT2D eigenvalue weighted by molar-refractivity contribution is 9.10. The second-order valence-electron chi connectivity index (χ2n) is 3.84. The zero-order chi connectivity index (χ0) is 12.8. The first-order chi connectivity index (χ1) is 8.12. The molecule has 0 aliphatic rings. The molecule has 0 aromatic heterocycles. The van der Waals surface area contributed by atoms with Crippen LogP contribution >= 0.6 is 15.9 Å². The van der Waals surface area contributed by atoms with E-state index in [-0.39, 0.29) is 6.04 Å². The summed E-state index contributed by atoms with van der Waals surface area (Å²) in [5, 5.41) is 12.1. The number of halogens is 1. The molecule has 0 heterocycles. The van der Waals surface area contributed by atoms with Gasteiger partial charge in [-0.3, -0.25) is 0 Å². The number of hydrogen-bond acceptors (Lipinski definition) is 3. The van der Waals surface area contributed by atoms with Crippen LogP contribution in [-0.2, 0) is 0 Å². The Bertz CT molecular complexity index is 414. The molecule has 4 heteroatoms. The van der Waals surface area contributed by atoms with E-state index in [2.05, 4.69) is 34.2 Å². The van der Waals surface area contributed by atoms with Crippen LogP contribution in [0.2, 0.25) is 0 Å². The fraction of sp³-hybridized carbons (Fsp3) is 0.462. The molecule has 0 radical (unpaired) electrons. The number of nitrogens with zero attached hydrogens (tertiary/aromatic N) is 1. The number of rotatable bonds is 5. The predicted octanol–water partition coefficient (Wildman–Crippen LogP) is 3.41. The van der Waals surface area contributed by atoms with Crippen molar-refractivity contribution in [1.29, 1.82) is 5.26 Å². The molecular weight excluding hydrogens is 280 g/mol. The van der Waals surface area contributed by atoms with E-state index in [4.69, 9.17) is 10.00 Å². The van der Waals surface area contributed by atoms with Crippen LogP contribution in [0.5, 0.6) is 5.75 Å². The second-order valence-corrected chi connectivity index (χ2v) is 4.75. The molecule has 1 N–H and O–H groups in total. The molecular formula is C13H17BrN2O. The van der Waals surface area contributed by atoms with Gasteiger partial charge in [-0.2, -0.15) is 5.26 Å². The molecule has 17 heavy (non-hydrogen) atoms. The summed E-state index contributed by atoms with van der Waals surface area (Å²) < 4.78 is 6.67. The summed E-state index contributed by atoms with van der Waals surface area (Å²) in [7, 11) is 1.90. The van der Waals surface area contributed by atoms with Gasteiger partial charge >= 0.3 is 0 Å². The number of hydrogen-bond donors (Lipinski definition) is 1. The van der Waals surface area contributed by atoms with E-state index in [0.29, 0.717) is 6.42 Å². The minimum Gasteiger partial charge on any atom is -0.475 e. The van der Waals surface area contributed by atoms with Crippen LogP contribution in [0.4, 0.5) is 0 Å². The number of ether oxygens (including phenoxy) is 1. The van der Waals surface area contributed by atoms with Gasteiger partial charge in [-0.05, 0) is 32.5 Å². The van der Waals surface area contributed by atoms with Crippen LogP contribution in [0.25, 0.3) is 0 Å². The van der Waals surface area contributed by atoms with E-state index in [1.165, 1.54) is 0 Å². The summed E-state index contributed by atoms with van der Waals surface area (Å²) in [5.74, 6) is 0.759. The first-order valence-electron chi connectivity index (χ1n) is 5.65. The molecule has 2 unspecified atom stereocenters. The van der Waals surface area contributed by atoms with Crippen molar-refractivity contribution >= 4 is 15.9 Å². The Kier molecular flexibility index (Phi) is 5.46. The maximum atomic E-state index is 8.94. The number of benzene rings is 1. The molecule has 1 aromatic rings. The van der Waals surface area contributed by atoms with Crippen molar-refractivity contribution in [3.05, 3.63) is 28.2 Å². The minimum atomic E-state index is -0.396. The smallest absolute Gasteiger partial charge is 0.184 e. The fourth-order valence-electron chi connectivity index (χ4n) is 1.48. The number of nitriles is 1. The van der Waals surface area contributed by atoms with Gasteiger partial charge in [0.1, 0.15) is 11.8 Å². The third-order valence-electron chi connectivity index (χ3n) is 2.66. The van der Waals surface area contributed by atoms with Crippen LogP contribution in [0.1, 0.15) is 31.9 Å². The van der Waals surface area contributed by atoms with E-state index in [9.17, 15) is 0 Å². The average molecular weight is 297 g/mol. The fourth-order valence-corrected chi connectivity index (χ4v) is 1.82. The van der Waals surface area contributed by atoms with Gasteiger partial charge in [0.2, 0.25) is 0 Å². The lowest BCUT2D eigenvalue weighted by Crippen LogP contribution is -2.17. The third kappa shape index (κ3) is 3.72. The Morgan fingerprint density at radius 2 is 2.24 bits per heavy atom. The molecule has 92 valence electrons. The van der Waals surface area contributed by atoms with E-state index in [0.717, 1.165) is 15.8 Å². The van der Waals surface area contributed by atoms with Gasteiger partial charge in [0.05, 0.1) is 0 Å². The molecule has 0 saturated heterocycles. The molecule has 0 aliphatic heterocycles. The quantitative estimate of drug-likeness (QED) is 0.906. The first-order valence-corrected chi connectivity index (χ1v) is 6.44. The third-order valence-corrected chi connectivity index (χ3v) is 3.15. The van der Waals surface area contributed by atoms with Crippen LogP contribution in [0, 0.1) is 11.3 Å². The minimum absolute atomic E-state index is 0.189. The summed E-state index contributed by atoms with van der Waals surface area (Å²) in [6.07, 6.45) is 0.281. The maximum absolute atomic E-state index is 8.94. The topological polar surface area (TPSA) is 45.0 Å². The summed E-state index contributed by atoms with van der Waals surface area (Å²) in [6, 6.07) is 8.22. The SMILES string of the molecule is CCC(C#N)Oc1cc(Br)ccc1C(C)NC. The van der Waals surface area contributed by atoms with Crippen molar-refractivity contribution < 1.29 is 4.74 Å². The zero-order valence-electron chi connectivity index (χ0n) is 10.3. The van der Waals surface area contributed by atoms with Gasteiger partial charge in [-0.15, -0.1) is 0 Å². The molecule has 0 fully saturated rings. The summed E-state index contributed by atoms with van der Waals surface area (Å²) in [6.45, 7) is 4.00. The van der Waals surface area contributed by atoms with Crippen molar-refractivity contribution in [2.24, 2.45) is 0 Å². The van der Waals surface area contributed by atoms with E-state index < -0.39 is 6.10 Å². The summed E-state index contributed by atoms with van der Waals surface area (Å²) in [4.78, 5) is 0. The largest absolute Gasteiger partial charge is 0.475 e. The molecule has 3 nitrogen and oxygen atoms in total. The Morgan fingerprint density at radius 3 is 2.76 bits per heavy atom. The van der Waals surface area contributed by atoms with Gasteiger partial charge in [-0.25, -0.2) is 0 Å². The highest BCUT2D eigenvalue weighted by atomic mass is 79.9. The Hall–Kier alpha value is -1.05. The highest BCUT2D eigenvalue weighted by Crippen LogP contribution is 2.29. The van der Waals surface area contributed by atoms with Crippen molar-refractivity contribution in [2.75, 3.05) is 7.05 Å². The van der Waals surface area contributed by atoms with Crippen LogP contribution in [-0.4, -0.2) is 13.2 Å². The Balaban J connectivity index is 3.03. The van der Waals surface area contributed by atoms with Crippen molar-refractivity contribution in [3.63, 3.8) is 0 Å². The van der Waals surface area contributed by atoms with E-state index in [1.807, 2.05) is 32.2 Å². The normalized spacial score (nSPS) is 13.8. The molecule has 0 spiro atoms. The van der Waals surface area contributed by atoms with Gasteiger partial charge in [0.25, 0.3) is 0 Å². The summed E-state index contributed by atoms with van der Waals surface area (Å²) in [5.41, 5.74) is 1.06. The molecule has 2 atom stereocenters.